The molecule has 1 unspecified atom stereocenters. The van der Waals surface area contributed by atoms with E-state index in [1.807, 2.05) is 32.9 Å². The van der Waals surface area contributed by atoms with E-state index in [-0.39, 0.29) is 30.2 Å². The number of imide groups is 1. The molecular weight excluding hydrogens is 474 g/mol. The summed E-state index contributed by atoms with van der Waals surface area (Å²) in [5.74, 6) is -0.798. The molecule has 3 saturated heterocycles. The first-order valence-corrected chi connectivity index (χ1v) is 13.3. The molecular formula is C27H37N5O5. The fourth-order valence-electron chi connectivity index (χ4n) is 5.84. The number of hydrogen-bond donors (Lipinski definition) is 1. The Labute approximate surface area is 217 Å². The maximum atomic E-state index is 13.0. The Bertz CT molecular complexity index is 1080. The number of rotatable bonds is 3. The highest BCUT2D eigenvalue weighted by atomic mass is 16.6. The van der Waals surface area contributed by atoms with E-state index in [4.69, 9.17) is 4.74 Å². The number of carbonyl (C=O) groups is 4. The summed E-state index contributed by atoms with van der Waals surface area (Å²) in [7, 11) is 0. The third-order valence-corrected chi connectivity index (χ3v) is 7.82. The van der Waals surface area contributed by atoms with Crippen LogP contribution in [0, 0.1) is 0 Å². The molecule has 10 heteroatoms. The zero-order valence-corrected chi connectivity index (χ0v) is 22.0. The first-order valence-electron chi connectivity index (χ1n) is 13.3. The van der Waals surface area contributed by atoms with E-state index < -0.39 is 11.6 Å². The summed E-state index contributed by atoms with van der Waals surface area (Å²) in [6.07, 6.45) is 2.49. The average Bonchev–Trinajstić information content (AvgIpc) is 3.18. The molecule has 4 amide bonds. The SMILES string of the molecule is CC(C)(C)OC(=O)N1CCN(C2CCN(c3ccc4c(c3)CN(C3CCC(=O)NC3=O)C4=O)CC2)CC1. The van der Waals surface area contributed by atoms with Gasteiger partial charge in [0.2, 0.25) is 11.8 Å². The predicted octanol–water partition coefficient (Wildman–Crippen LogP) is 1.97. The number of ether oxygens (including phenoxy) is 1. The Morgan fingerprint density at radius 2 is 1.68 bits per heavy atom. The third-order valence-electron chi connectivity index (χ3n) is 7.82. The summed E-state index contributed by atoms with van der Waals surface area (Å²) in [6, 6.07) is 5.87. The zero-order chi connectivity index (χ0) is 26.3. The number of nitrogens with one attached hydrogen (secondary N) is 1. The molecule has 4 heterocycles. The van der Waals surface area contributed by atoms with Crippen molar-refractivity contribution in [1.82, 2.24) is 20.0 Å². The number of nitrogens with zero attached hydrogens (tertiary/aromatic N) is 4. The number of anilines is 1. The van der Waals surface area contributed by atoms with Gasteiger partial charge in [-0.15, -0.1) is 0 Å². The maximum absolute atomic E-state index is 13.0. The smallest absolute Gasteiger partial charge is 0.410 e. The molecule has 0 bridgehead atoms. The van der Waals surface area contributed by atoms with Gasteiger partial charge >= 0.3 is 6.09 Å². The summed E-state index contributed by atoms with van der Waals surface area (Å²) in [5, 5.41) is 2.35. The third kappa shape index (κ3) is 5.44. The van der Waals surface area contributed by atoms with Crippen molar-refractivity contribution in [3.05, 3.63) is 29.3 Å². The molecule has 0 spiro atoms. The summed E-state index contributed by atoms with van der Waals surface area (Å²) >= 11 is 0. The molecule has 0 saturated carbocycles. The lowest BCUT2D eigenvalue weighted by Gasteiger charge is -2.43. The second-order valence-electron chi connectivity index (χ2n) is 11.5. The quantitative estimate of drug-likeness (QED) is 0.619. The van der Waals surface area contributed by atoms with E-state index in [9.17, 15) is 19.2 Å². The van der Waals surface area contributed by atoms with Gasteiger partial charge in [0, 0.05) is 69.5 Å². The van der Waals surface area contributed by atoms with Crippen LogP contribution in [-0.4, -0.2) is 95.5 Å². The highest BCUT2D eigenvalue weighted by molar-refractivity contribution is 6.05. The van der Waals surface area contributed by atoms with Gasteiger partial charge in [0.25, 0.3) is 5.91 Å². The summed E-state index contributed by atoms with van der Waals surface area (Å²) in [6.45, 7) is 11.0. The number of benzene rings is 1. The summed E-state index contributed by atoms with van der Waals surface area (Å²) < 4.78 is 5.51. The van der Waals surface area contributed by atoms with E-state index in [1.165, 1.54) is 0 Å². The molecule has 1 atom stereocenters. The Morgan fingerprint density at radius 3 is 2.32 bits per heavy atom. The van der Waals surface area contributed by atoms with Gasteiger partial charge in [-0.1, -0.05) is 0 Å². The lowest BCUT2D eigenvalue weighted by Crippen LogP contribution is -2.55. The monoisotopic (exact) mass is 511 g/mol. The van der Waals surface area contributed by atoms with Gasteiger partial charge in [-0.3, -0.25) is 24.6 Å². The number of hydrogen-bond acceptors (Lipinski definition) is 7. The van der Waals surface area contributed by atoms with Gasteiger partial charge in [0.15, 0.2) is 0 Å². The van der Waals surface area contributed by atoms with Crippen LogP contribution >= 0.6 is 0 Å². The second kappa shape index (κ2) is 9.96. The second-order valence-corrected chi connectivity index (χ2v) is 11.5. The highest BCUT2D eigenvalue weighted by Gasteiger charge is 2.39. The van der Waals surface area contributed by atoms with Crippen molar-refractivity contribution in [2.45, 2.75) is 70.7 Å². The molecule has 0 radical (unpaired) electrons. The van der Waals surface area contributed by atoms with Gasteiger partial charge in [-0.2, -0.15) is 0 Å². The fourth-order valence-corrected chi connectivity index (χ4v) is 5.84. The number of carbonyl (C=O) groups excluding carboxylic acids is 4. The molecule has 4 aliphatic rings. The van der Waals surface area contributed by atoms with Crippen molar-refractivity contribution in [1.29, 1.82) is 0 Å². The lowest BCUT2D eigenvalue weighted by molar-refractivity contribution is -0.136. The van der Waals surface area contributed by atoms with Crippen molar-refractivity contribution >= 4 is 29.5 Å². The Hall–Kier alpha value is -3.14. The van der Waals surface area contributed by atoms with Gasteiger partial charge in [-0.25, -0.2) is 4.79 Å². The summed E-state index contributed by atoms with van der Waals surface area (Å²) in [5.41, 5.74) is 2.21. The van der Waals surface area contributed by atoms with Crippen molar-refractivity contribution in [3.63, 3.8) is 0 Å². The summed E-state index contributed by atoms with van der Waals surface area (Å²) in [4.78, 5) is 57.4. The van der Waals surface area contributed by atoms with E-state index in [2.05, 4.69) is 21.2 Å². The fraction of sp³-hybridized carbons (Fsp3) is 0.630. The van der Waals surface area contributed by atoms with Gasteiger partial charge in [-0.05, 0) is 63.8 Å². The molecule has 0 aliphatic carbocycles. The maximum Gasteiger partial charge on any atom is 0.410 e. The van der Waals surface area contributed by atoms with Crippen molar-refractivity contribution in [2.24, 2.45) is 0 Å². The minimum atomic E-state index is -0.590. The first kappa shape index (κ1) is 25.5. The van der Waals surface area contributed by atoms with E-state index >= 15 is 0 Å². The Balaban J connectivity index is 1.14. The van der Waals surface area contributed by atoms with Crippen LogP contribution in [0.2, 0.25) is 0 Å². The lowest BCUT2D eigenvalue weighted by atomic mass is 10.0. The predicted molar refractivity (Wildman–Crippen MR) is 137 cm³/mol. The number of piperazine rings is 1. The minimum absolute atomic E-state index is 0.139. The molecule has 3 fully saturated rings. The van der Waals surface area contributed by atoms with Crippen LogP contribution in [0.15, 0.2) is 18.2 Å². The molecule has 200 valence electrons. The van der Waals surface area contributed by atoms with Crippen LogP contribution in [0.25, 0.3) is 0 Å². The molecule has 0 aromatic heterocycles. The largest absolute Gasteiger partial charge is 0.444 e. The Morgan fingerprint density at radius 1 is 0.973 bits per heavy atom. The number of fused-ring (bicyclic) bond motifs is 1. The molecule has 1 aromatic carbocycles. The van der Waals surface area contributed by atoms with Crippen molar-refractivity contribution in [3.8, 4) is 0 Å². The number of amides is 4. The number of piperidine rings is 2. The van der Waals surface area contributed by atoms with Crippen LogP contribution in [0.4, 0.5) is 10.5 Å². The molecule has 10 nitrogen and oxygen atoms in total. The van der Waals surface area contributed by atoms with E-state index in [0.29, 0.717) is 37.7 Å². The molecule has 1 aromatic rings. The standard InChI is InChI=1S/C27H37N5O5/c1-27(2,3)37-26(36)31-14-12-30(13-15-31)19-8-10-29(11-9-19)20-4-5-21-18(16-20)17-32(25(21)35)22-6-7-23(33)28-24(22)34/h4-5,16,19,22H,6-15,17H2,1-3H3,(H,28,33,34). The van der Waals surface area contributed by atoms with Crippen LogP contribution < -0.4 is 10.2 Å². The zero-order valence-electron chi connectivity index (χ0n) is 22.0. The van der Waals surface area contributed by atoms with E-state index in [0.717, 1.165) is 50.3 Å². The topological polar surface area (TPSA) is 102 Å². The molecule has 37 heavy (non-hydrogen) atoms. The minimum Gasteiger partial charge on any atom is -0.444 e. The first-order chi connectivity index (χ1) is 17.6. The van der Waals surface area contributed by atoms with E-state index in [1.54, 1.807) is 9.80 Å². The molecule has 5 rings (SSSR count). The normalized spacial score (nSPS) is 23.8. The average molecular weight is 512 g/mol. The van der Waals surface area contributed by atoms with Crippen molar-refractivity contribution in [2.75, 3.05) is 44.2 Å². The van der Waals surface area contributed by atoms with Crippen molar-refractivity contribution < 1.29 is 23.9 Å². The van der Waals surface area contributed by atoms with Gasteiger partial charge in [0.1, 0.15) is 11.6 Å². The van der Waals surface area contributed by atoms with Crippen LogP contribution in [-0.2, 0) is 20.9 Å². The van der Waals surface area contributed by atoms with Gasteiger partial charge < -0.3 is 19.4 Å². The molecule has 1 N–H and O–H groups in total. The van der Waals surface area contributed by atoms with Crippen LogP contribution in [0.3, 0.4) is 0 Å². The Kier molecular flexibility index (Phi) is 6.87. The molecule has 4 aliphatic heterocycles. The van der Waals surface area contributed by atoms with Gasteiger partial charge in [0.05, 0.1) is 0 Å². The highest BCUT2D eigenvalue weighted by Crippen LogP contribution is 2.32. The van der Waals surface area contributed by atoms with Crippen LogP contribution in [0.1, 0.15) is 62.4 Å². The van der Waals surface area contributed by atoms with Crippen LogP contribution in [0.5, 0.6) is 0 Å².